The standard InChI is InChI=1S/C16H13BrFN3O2S/c17-13-5-6-15(18)16(10-13)24(22,23)20-11-12-3-1-4-14(9-12)21-8-2-7-19-21/h1-10,20H,11H2. The number of halogens is 2. The van der Waals surface area contributed by atoms with Crippen LogP contribution < -0.4 is 4.72 Å². The van der Waals surface area contributed by atoms with Crippen LogP contribution in [0, 0.1) is 5.82 Å². The summed E-state index contributed by atoms with van der Waals surface area (Å²) in [7, 11) is -3.96. The molecular weight excluding hydrogens is 397 g/mol. The Kier molecular flexibility index (Phi) is 4.79. The van der Waals surface area contributed by atoms with Gasteiger partial charge >= 0.3 is 0 Å². The van der Waals surface area contributed by atoms with Gasteiger partial charge in [-0.3, -0.25) is 0 Å². The summed E-state index contributed by atoms with van der Waals surface area (Å²) < 4.78 is 43.0. The van der Waals surface area contributed by atoms with E-state index in [0.29, 0.717) is 4.47 Å². The largest absolute Gasteiger partial charge is 0.243 e. The van der Waals surface area contributed by atoms with E-state index in [0.717, 1.165) is 17.3 Å². The predicted octanol–water partition coefficient (Wildman–Crippen LogP) is 3.25. The second-order valence-corrected chi connectivity index (χ2v) is 7.67. The number of rotatable bonds is 5. The lowest BCUT2D eigenvalue weighted by atomic mass is 10.2. The molecule has 3 aromatic rings. The molecule has 2 aromatic carbocycles. The maximum atomic E-state index is 13.8. The summed E-state index contributed by atoms with van der Waals surface area (Å²) in [5, 5.41) is 4.13. The number of benzene rings is 2. The first kappa shape index (κ1) is 16.8. The van der Waals surface area contributed by atoms with Crippen LogP contribution in [0.25, 0.3) is 5.69 Å². The molecule has 0 aliphatic heterocycles. The van der Waals surface area contributed by atoms with E-state index in [1.54, 1.807) is 35.3 Å². The summed E-state index contributed by atoms with van der Waals surface area (Å²) in [5.41, 5.74) is 1.55. The van der Waals surface area contributed by atoms with Gasteiger partial charge in [-0.05, 0) is 42.0 Å². The summed E-state index contributed by atoms with van der Waals surface area (Å²) in [6, 6.07) is 12.8. The summed E-state index contributed by atoms with van der Waals surface area (Å²) in [5.74, 6) is -0.795. The van der Waals surface area contributed by atoms with Crippen LogP contribution in [0.2, 0.25) is 0 Å². The Bertz CT molecular complexity index is 959. The molecule has 0 aliphatic carbocycles. The fraction of sp³-hybridized carbons (Fsp3) is 0.0625. The number of hydrogen-bond acceptors (Lipinski definition) is 3. The molecule has 1 heterocycles. The van der Waals surface area contributed by atoms with Crippen LogP contribution in [0.4, 0.5) is 4.39 Å². The monoisotopic (exact) mass is 409 g/mol. The molecule has 0 aliphatic rings. The first-order valence-corrected chi connectivity index (χ1v) is 9.27. The molecule has 0 atom stereocenters. The lowest BCUT2D eigenvalue weighted by molar-refractivity contribution is 0.556. The highest BCUT2D eigenvalue weighted by Gasteiger charge is 2.19. The zero-order valence-corrected chi connectivity index (χ0v) is 14.8. The Morgan fingerprint density at radius 3 is 2.75 bits per heavy atom. The third kappa shape index (κ3) is 3.72. The van der Waals surface area contributed by atoms with Crippen LogP contribution in [0.15, 0.2) is 70.3 Å². The maximum absolute atomic E-state index is 13.8. The highest BCUT2D eigenvalue weighted by Crippen LogP contribution is 2.20. The lowest BCUT2D eigenvalue weighted by Gasteiger charge is -2.09. The number of sulfonamides is 1. The zero-order valence-electron chi connectivity index (χ0n) is 12.4. The Morgan fingerprint density at radius 2 is 2.00 bits per heavy atom. The highest BCUT2D eigenvalue weighted by atomic mass is 79.9. The van der Waals surface area contributed by atoms with Gasteiger partial charge in [0.2, 0.25) is 10.0 Å². The van der Waals surface area contributed by atoms with Gasteiger partial charge in [-0.15, -0.1) is 0 Å². The quantitative estimate of drug-likeness (QED) is 0.703. The van der Waals surface area contributed by atoms with Crippen LogP contribution in [-0.4, -0.2) is 18.2 Å². The van der Waals surface area contributed by atoms with Crippen molar-refractivity contribution in [3.8, 4) is 5.69 Å². The minimum Gasteiger partial charge on any atom is -0.241 e. The van der Waals surface area contributed by atoms with Gasteiger partial charge in [-0.1, -0.05) is 28.1 Å². The molecule has 124 valence electrons. The number of nitrogens with one attached hydrogen (secondary N) is 1. The molecule has 8 heteroatoms. The van der Waals surface area contributed by atoms with Crippen molar-refractivity contribution in [1.29, 1.82) is 0 Å². The molecule has 0 unspecified atom stereocenters. The minimum absolute atomic E-state index is 0.0450. The van der Waals surface area contributed by atoms with Crippen molar-refractivity contribution in [1.82, 2.24) is 14.5 Å². The first-order chi connectivity index (χ1) is 11.5. The Labute approximate surface area is 147 Å². The third-order valence-electron chi connectivity index (χ3n) is 3.33. The number of aromatic nitrogens is 2. The predicted molar refractivity (Wildman–Crippen MR) is 91.7 cm³/mol. The second-order valence-electron chi connectivity index (χ2n) is 5.02. The highest BCUT2D eigenvalue weighted by molar-refractivity contribution is 9.10. The molecule has 1 aromatic heterocycles. The minimum atomic E-state index is -3.96. The average molecular weight is 410 g/mol. The van der Waals surface area contributed by atoms with Crippen molar-refractivity contribution >= 4 is 26.0 Å². The van der Waals surface area contributed by atoms with E-state index < -0.39 is 15.8 Å². The first-order valence-electron chi connectivity index (χ1n) is 6.99. The molecule has 0 saturated heterocycles. The molecule has 0 saturated carbocycles. The molecule has 0 amide bonds. The average Bonchev–Trinajstić information content (AvgIpc) is 3.10. The van der Waals surface area contributed by atoms with Gasteiger partial charge in [0.15, 0.2) is 0 Å². The molecule has 0 radical (unpaired) electrons. The molecule has 1 N–H and O–H groups in total. The van der Waals surface area contributed by atoms with E-state index in [1.165, 1.54) is 12.1 Å². The normalized spacial score (nSPS) is 11.6. The Balaban J connectivity index is 1.80. The SMILES string of the molecule is O=S(=O)(NCc1cccc(-n2cccn2)c1)c1cc(Br)ccc1F. The summed E-state index contributed by atoms with van der Waals surface area (Å²) in [6.45, 7) is 0.0450. The summed E-state index contributed by atoms with van der Waals surface area (Å²) >= 11 is 3.15. The molecule has 0 fully saturated rings. The van der Waals surface area contributed by atoms with Crippen molar-refractivity contribution < 1.29 is 12.8 Å². The van der Waals surface area contributed by atoms with E-state index in [9.17, 15) is 12.8 Å². The molecular formula is C16H13BrFN3O2S. The van der Waals surface area contributed by atoms with Crippen molar-refractivity contribution in [2.75, 3.05) is 0 Å². The van der Waals surface area contributed by atoms with Gasteiger partial charge in [0.25, 0.3) is 0 Å². The van der Waals surface area contributed by atoms with Crippen molar-refractivity contribution in [3.05, 3.63) is 76.8 Å². The van der Waals surface area contributed by atoms with Crippen molar-refractivity contribution in [2.24, 2.45) is 0 Å². The van der Waals surface area contributed by atoms with Crippen LogP contribution in [-0.2, 0) is 16.6 Å². The molecule has 0 spiro atoms. The van der Waals surface area contributed by atoms with Gasteiger partial charge < -0.3 is 0 Å². The van der Waals surface area contributed by atoms with Crippen LogP contribution in [0.5, 0.6) is 0 Å². The van der Waals surface area contributed by atoms with Gasteiger partial charge in [0, 0.05) is 23.4 Å². The second kappa shape index (κ2) is 6.84. The van der Waals surface area contributed by atoms with Gasteiger partial charge in [0.05, 0.1) is 5.69 Å². The van der Waals surface area contributed by atoms with Crippen molar-refractivity contribution in [2.45, 2.75) is 11.4 Å². The number of hydrogen-bond donors (Lipinski definition) is 1. The topological polar surface area (TPSA) is 64.0 Å². The molecule has 24 heavy (non-hydrogen) atoms. The van der Waals surface area contributed by atoms with Crippen molar-refractivity contribution in [3.63, 3.8) is 0 Å². The van der Waals surface area contributed by atoms with E-state index in [-0.39, 0.29) is 11.4 Å². The van der Waals surface area contributed by atoms with E-state index in [2.05, 4.69) is 25.8 Å². The Morgan fingerprint density at radius 1 is 1.17 bits per heavy atom. The fourth-order valence-corrected chi connectivity index (χ4v) is 3.80. The van der Waals surface area contributed by atoms with Gasteiger partial charge in [-0.2, -0.15) is 5.10 Å². The molecule has 5 nitrogen and oxygen atoms in total. The molecule has 0 bridgehead atoms. The van der Waals surface area contributed by atoms with Gasteiger partial charge in [0.1, 0.15) is 10.7 Å². The Hall–Kier alpha value is -2.03. The summed E-state index contributed by atoms with van der Waals surface area (Å²) in [4.78, 5) is -0.389. The van der Waals surface area contributed by atoms with E-state index in [4.69, 9.17) is 0 Å². The van der Waals surface area contributed by atoms with Crippen LogP contribution >= 0.6 is 15.9 Å². The summed E-state index contributed by atoms with van der Waals surface area (Å²) in [6.07, 6.45) is 3.45. The van der Waals surface area contributed by atoms with Crippen LogP contribution in [0.1, 0.15) is 5.56 Å². The molecule has 3 rings (SSSR count). The third-order valence-corrected chi connectivity index (χ3v) is 5.24. The smallest absolute Gasteiger partial charge is 0.241 e. The lowest BCUT2D eigenvalue weighted by Crippen LogP contribution is -2.24. The number of nitrogens with zero attached hydrogens (tertiary/aromatic N) is 2. The van der Waals surface area contributed by atoms with Crippen LogP contribution in [0.3, 0.4) is 0 Å². The maximum Gasteiger partial charge on any atom is 0.243 e. The fourth-order valence-electron chi connectivity index (χ4n) is 2.17. The zero-order chi connectivity index (χ0) is 17.2. The van der Waals surface area contributed by atoms with Gasteiger partial charge in [-0.25, -0.2) is 22.2 Å². The van der Waals surface area contributed by atoms with E-state index in [1.807, 2.05) is 12.1 Å². The van der Waals surface area contributed by atoms with E-state index >= 15 is 0 Å².